The first-order chi connectivity index (χ1) is 9.01. The van der Waals surface area contributed by atoms with Gasteiger partial charge in [0.25, 0.3) is 0 Å². The van der Waals surface area contributed by atoms with Crippen molar-refractivity contribution in [2.24, 2.45) is 0 Å². The van der Waals surface area contributed by atoms with Crippen molar-refractivity contribution in [1.82, 2.24) is 14.9 Å². The van der Waals surface area contributed by atoms with Gasteiger partial charge in [-0.25, -0.2) is 9.97 Å². The first kappa shape index (κ1) is 14.5. The molecule has 19 heavy (non-hydrogen) atoms. The van der Waals surface area contributed by atoms with E-state index in [0.717, 1.165) is 43.0 Å². The quantitative estimate of drug-likeness (QED) is 0.866. The largest absolute Gasteiger partial charge is 0.367 e. The highest BCUT2D eigenvalue weighted by molar-refractivity contribution is 6.30. The van der Waals surface area contributed by atoms with Crippen molar-refractivity contribution in [3.8, 4) is 0 Å². The number of hydrogen-bond donors (Lipinski definition) is 1. The van der Waals surface area contributed by atoms with Crippen molar-refractivity contribution >= 4 is 17.4 Å². The van der Waals surface area contributed by atoms with E-state index in [1.165, 1.54) is 0 Å². The standard InChI is InChI=1S/C14H23ClN4/c1-5-12-17-13(15)10(3)14(18-12)16-11-6-7-19(4)9(2)8-11/h9,11H,5-8H2,1-4H3,(H,16,17,18). The van der Waals surface area contributed by atoms with Crippen LogP contribution in [0.3, 0.4) is 0 Å². The first-order valence-electron chi connectivity index (χ1n) is 7.01. The van der Waals surface area contributed by atoms with Gasteiger partial charge in [0.05, 0.1) is 0 Å². The third-order valence-electron chi connectivity index (χ3n) is 4.00. The molecule has 1 aromatic heterocycles. The van der Waals surface area contributed by atoms with Crippen LogP contribution < -0.4 is 5.32 Å². The number of aromatic nitrogens is 2. The average molecular weight is 283 g/mol. The molecule has 1 saturated heterocycles. The minimum Gasteiger partial charge on any atom is -0.367 e. The molecule has 0 radical (unpaired) electrons. The molecule has 0 amide bonds. The highest BCUT2D eigenvalue weighted by Gasteiger charge is 2.23. The molecule has 2 heterocycles. The zero-order valence-corrected chi connectivity index (χ0v) is 13.0. The molecule has 1 aliphatic rings. The number of anilines is 1. The second-order valence-electron chi connectivity index (χ2n) is 5.45. The molecule has 2 rings (SSSR count). The number of likely N-dealkylation sites (tertiary alicyclic amines) is 1. The number of piperidine rings is 1. The number of hydrogen-bond acceptors (Lipinski definition) is 4. The minimum absolute atomic E-state index is 0.473. The number of nitrogens with one attached hydrogen (secondary N) is 1. The van der Waals surface area contributed by atoms with E-state index in [-0.39, 0.29) is 0 Å². The van der Waals surface area contributed by atoms with Crippen LogP contribution >= 0.6 is 11.6 Å². The maximum Gasteiger partial charge on any atom is 0.137 e. The third-order valence-corrected chi connectivity index (χ3v) is 4.37. The van der Waals surface area contributed by atoms with E-state index in [1.807, 2.05) is 13.8 Å². The number of rotatable bonds is 3. The molecular weight excluding hydrogens is 260 g/mol. The fraction of sp³-hybridized carbons (Fsp3) is 0.714. The lowest BCUT2D eigenvalue weighted by Crippen LogP contribution is -2.42. The summed E-state index contributed by atoms with van der Waals surface area (Å²) < 4.78 is 0. The highest BCUT2D eigenvalue weighted by atomic mass is 35.5. The normalized spacial score (nSPS) is 24.5. The summed E-state index contributed by atoms with van der Waals surface area (Å²) in [6.45, 7) is 7.41. The average Bonchev–Trinajstić information content (AvgIpc) is 2.39. The first-order valence-corrected chi connectivity index (χ1v) is 7.38. The van der Waals surface area contributed by atoms with E-state index in [9.17, 15) is 0 Å². The highest BCUT2D eigenvalue weighted by Crippen LogP contribution is 2.24. The summed E-state index contributed by atoms with van der Waals surface area (Å²) >= 11 is 6.17. The van der Waals surface area contributed by atoms with Crippen molar-refractivity contribution in [3.05, 3.63) is 16.5 Å². The molecule has 0 saturated carbocycles. The Morgan fingerprint density at radius 2 is 2.16 bits per heavy atom. The van der Waals surface area contributed by atoms with Gasteiger partial charge in [-0.2, -0.15) is 0 Å². The van der Waals surface area contributed by atoms with Gasteiger partial charge in [0.15, 0.2) is 0 Å². The van der Waals surface area contributed by atoms with Crippen LogP contribution in [0, 0.1) is 6.92 Å². The Kier molecular flexibility index (Phi) is 4.63. The predicted octanol–water partition coefficient (Wildman–Crippen LogP) is 2.90. The summed E-state index contributed by atoms with van der Waals surface area (Å²) in [6, 6.07) is 1.08. The molecular formula is C14H23ClN4. The SMILES string of the molecule is CCc1nc(Cl)c(C)c(NC2CCN(C)C(C)C2)n1. The van der Waals surface area contributed by atoms with Crippen LogP contribution in [-0.4, -0.2) is 40.5 Å². The van der Waals surface area contributed by atoms with Crippen molar-refractivity contribution in [2.75, 3.05) is 18.9 Å². The van der Waals surface area contributed by atoms with Gasteiger partial charge in [0, 0.05) is 30.6 Å². The molecule has 0 bridgehead atoms. The number of halogens is 1. The molecule has 4 nitrogen and oxygen atoms in total. The maximum atomic E-state index is 6.17. The molecule has 0 aromatic carbocycles. The fourth-order valence-electron chi connectivity index (χ4n) is 2.45. The van der Waals surface area contributed by atoms with Gasteiger partial charge < -0.3 is 10.2 Å². The molecule has 5 heteroatoms. The van der Waals surface area contributed by atoms with Crippen LogP contribution in [0.4, 0.5) is 5.82 Å². The second-order valence-corrected chi connectivity index (χ2v) is 5.81. The van der Waals surface area contributed by atoms with Gasteiger partial charge in [-0.3, -0.25) is 0 Å². The molecule has 2 atom stereocenters. The summed E-state index contributed by atoms with van der Waals surface area (Å²) in [7, 11) is 2.18. The van der Waals surface area contributed by atoms with Crippen molar-refractivity contribution < 1.29 is 0 Å². The van der Waals surface area contributed by atoms with E-state index in [0.29, 0.717) is 17.2 Å². The molecule has 1 fully saturated rings. The Labute approximate surface area is 120 Å². The number of aryl methyl sites for hydroxylation is 1. The molecule has 1 aromatic rings. The summed E-state index contributed by atoms with van der Waals surface area (Å²) in [6.07, 6.45) is 3.08. The Morgan fingerprint density at radius 3 is 2.79 bits per heavy atom. The van der Waals surface area contributed by atoms with E-state index < -0.39 is 0 Å². The minimum atomic E-state index is 0.473. The van der Waals surface area contributed by atoms with Crippen LogP contribution in [0.15, 0.2) is 0 Å². The molecule has 106 valence electrons. The lowest BCUT2D eigenvalue weighted by Gasteiger charge is -2.35. The number of nitrogens with zero attached hydrogens (tertiary/aromatic N) is 3. The van der Waals surface area contributed by atoms with E-state index in [4.69, 9.17) is 11.6 Å². The Bertz CT molecular complexity index is 449. The smallest absolute Gasteiger partial charge is 0.137 e. The molecule has 0 aliphatic carbocycles. The monoisotopic (exact) mass is 282 g/mol. The van der Waals surface area contributed by atoms with Gasteiger partial charge in [0.2, 0.25) is 0 Å². The zero-order chi connectivity index (χ0) is 14.0. The summed E-state index contributed by atoms with van der Waals surface area (Å²) in [5.41, 5.74) is 0.949. The maximum absolute atomic E-state index is 6.17. The summed E-state index contributed by atoms with van der Waals surface area (Å²) in [5, 5.41) is 4.12. The van der Waals surface area contributed by atoms with Crippen LogP contribution in [0.5, 0.6) is 0 Å². The van der Waals surface area contributed by atoms with Crippen LogP contribution in [0.2, 0.25) is 5.15 Å². The predicted molar refractivity (Wildman–Crippen MR) is 79.9 cm³/mol. The third kappa shape index (κ3) is 3.37. The molecule has 2 unspecified atom stereocenters. The van der Waals surface area contributed by atoms with Gasteiger partial charge in [-0.1, -0.05) is 18.5 Å². The lowest BCUT2D eigenvalue weighted by atomic mass is 9.99. The van der Waals surface area contributed by atoms with Crippen molar-refractivity contribution in [2.45, 2.75) is 52.1 Å². The fourth-order valence-corrected chi connectivity index (χ4v) is 2.63. The van der Waals surface area contributed by atoms with E-state index in [1.54, 1.807) is 0 Å². The Morgan fingerprint density at radius 1 is 1.42 bits per heavy atom. The topological polar surface area (TPSA) is 41.1 Å². The summed E-state index contributed by atoms with van der Waals surface area (Å²) in [5.74, 6) is 1.71. The Balaban J connectivity index is 2.12. The van der Waals surface area contributed by atoms with Crippen LogP contribution in [0.25, 0.3) is 0 Å². The molecule has 0 spiro atoms. The van der Waals surface area contributed by atoms with Crippen molar-refractivity contribution in [3.63, 3.8) is 0 Å². The Hall–Kier alpha value is -0.870. The van der Waals surface area contributed by atoms with Gasteiger partial charge in [0.1, 0.15) is 16.8 Å². The summed E-state index contributed by atoms with van der Waals surface area (Å²) in [4.78, 5) is 11.2. The van der Waals surface area contributed by atoms with Gasteiger partial charge in [-0.15, -0.1) is 0 Å². The van der Waals surface area contributed by atoms with Crippen molar-refractivity contribution in [1.29, 1.82) is 0 Å². The van der Waals surface area contributed by atoms with E-state index in [2.05, 4.69) is 34.2 Å². The van der Waals surface area contributed by atoms with Gasteiger partial charge in [-0.05, 0) is 33.7 Å². The molecule has 1 aliphatic heterocycles. The lowest BCUT2D eigenvalue weighted by molar-refractivity contribution is 0.190. The van der Waals surface area contributed by atoms with Gasteiger partial charge >= 0.3 is 0 Å². The second kappa shape index (κ2) is 6.06. The van der Waals surface area contributed by atoms with E-state index >= 15 is 0 Å². The van der Waals surface area contributed by atoms with Crippen LogP contribution in [0.1, 0.15) is 38.1 Å². The van der Waals surface area contributed by atoms with Crippen LogP contribution in [-0.2, 0) is 6.42 Å². The molecule has 1 N–H and O–H groups in total. The zero-order valence-electron chi connectivity index (χ0n) is 12.2.